The van der Waals surface area contributed by atoms with Crippen LogP contribution in [0.25, 0.3) is 0 Å². The van der Waals surface area contributed by atoms with Crippen LogP contribution in [0, 0.1) is 0 Å². The van der Waals surface area contributed by atoms with E-state index in [0.29, 0.717) is 19.4 Å². The predicted octanol–water partition coefficient (Wildman–Crippen LogP) is 3.14. The number of hydrogen-bond donors (Lipinski definition) is 2. The van der Waals surface area contributed by atoms with Crippen molar-refractivity contribution in [1.29, 1.82) is 0 Å². The maximum Gasteiger partial charge on any atom is 0.325 e. The van der Waals surface area contributed by atoms with Gasteiger partial charge >= 0.3 is 6.03 Å². The zero-order valence-corrected chi connectivity index (χ0v) is 17.7. The Balaban J connectivity index is 1.53. The Labute approximate surface area is 184 Å². The van der Waals surface area contributed by atoms with Crippen molar-refractivity contribution in [3.8, 4) is 0 Å². The summed E-state index contributed by atoms with van der Waals surface area (Å²) < 4.78 is 0. The number of thiophene rings is 1. The molecule has 0 spiro atoms. The van der Waals surface area contributed by atoms with Gasteiger partial charge < -0.3 is 10.6 Å². The monoisotopic (exact) mass is 433 g/mol. The molecule has 1 aliphatic rings. The third-order valence-electron chi connectivity index (χ3n) is 5.28. The first kappa shape index (κ1) is 20.8. The molecule has 158 valence electrons. The van der Waals surface area contributed by atoms with Crippen LogP contribution < -0.4 is 10.6 Å². The lowest BCUT2D eigenvalue weighted by Crippen LogP contribution is -2.51. The SMILES string of the molecule is O=C(CN1C(=O)NC(Cc2ccccc2)(Cc2ccccc2)C1=O)NCc1cccs1. The lowest BCUT2D eigenvalue weighted by molar-refractivity contribution is -0.135. The number of hydrogen-bond acceptors (Lipinski definition) is 4. The summed E-state index contributed by atoms with van der Waals surface area (Å²) in [5.41, 5.74) is 0.750. The minimum absolute atomic E-state index is 0.304. The second-order valence-electron chi connectivity index (χ2n) is 7.58. The third-order valence-corrected chi connectivity index (χ3v) is 6.16. The van der Waals surface area contributed by atoms with Crippen molar-refractivity contribution in [2.75, 3.05) is 6.54 Å². The fourth-order valence-electron chi connectivity index (χ4n) is 3.81. The number of urea groups is 1. The largest absolute Gasteiger partial charge is 0.350 e. The van der Waals surface area contributed by atoms with E-state index >= 15 is 0 Å². The molecule has 4 rings (SSSR count). The van der Waals surface area contributed by atoms with Gasteiger partial charge in [-0.25, -0.2) is 4.79 Å². The summed E-state index contributed by atoms with van der Waals surface area (Å²) in [4.78, 5) is 40.7. The first-order chi connectivity index (χ1) is 15.1. The maximum atomic E-state index is 13.5. The van der Waals surface area contributed by atoms with Crippen LogP contribution in [0.5, 0.6) is 0 Å². The predicted molar refractivity (Wildman–Crippen MR) is 119 cm³/mol. The van der Waals surface area contributed by atoms with Crippen LogP contribution in [0.2, 0.25) is 0 Å². The number of carbonyl (C=O) groups is 3. The second kappa shape index (κ2) is 9.14. The van der Waals surface area contributed by atoms with Gasteiger partial charge in [0.05, 0.1) is 6.54 Å². The number of amides is 4. The van der Waals surface area contributed by atoms with Crippen LogP contribution >= 0.6 is 11.3 Å². The van der Waals surface area contributed by atoms with Crippen LogP contribution in [-0.2, 0) is 29.0 Å². The van der Waals surface area contributed by atoms with Gasteiger partial charge in [-0.15, -0.1) is 11.3 Å². The maximum absolute atomic E-state index is 13.5. The van der Waals surface area contributed by atoms with E-state index in [1.807, 2.05) is 78.2 Å². The molecule has 1 aliphatic heterocycles. The molecular weight excluding hydrogens is 410 g/mol. The number of benzene rings is 2. The highest BCUT2D eigenvalue weighted by Gasteiger charge is 2.51. The van der Waals surface area contributed by atoms with Crippen molar-refractivity contribution in [2.24, 2.45) is 0 Å². The molecule has 2 N–H and O–H groups in total. The Morgan fingerprint density at radius 3 is 2.06 bits per heavy atom. The van der Waals surface area contributed by atoms with Gasteiger partial charge in [-0.1, -0.05) is 66.7 Å². The summed E-state index contributed by atoms with van der Waals surface area (Å²) in [7, 11) is 0. The number of carbonyl (C=O) groups excluding carboxylic acids is 3. The Morgan fingerprint density at radius 1 is 0.903 bits per heavy atom. The van der Waals surface area contributed by atoms with Crippen LogP contribution in [-0.4, -0.2) is 34.8 Å². The number of nitrogens with zero attached hydrogens (tertiary/aromatic N) is 1. The van der Waals surface area contributed by atoms with Crippen LogP contribution in [0.15, 0.2) is 78.2 Å². The molecule has 1 saturated heterocycles. The molecule has 2 aromatic carbocycles. The van der Waals surface area contributed by atoms with Gasteiger partial charge in [0.15, 0.2) is 0 Å². The standard InChI is InChI=1S/C24H23N3O3S/c28-21(25-16-20-12-7-13-31-20)17-27-22(29)24(26-23(27)30,14-18-8-3-1-4-9-18)15-19-10-5-2-6-11-19/h1-13H,14-17H2,(H,25,28)(H,26,30). The summed E-state index contributed by atoms with van der Waals surface area (Å²) in [5.74, 6) is -0.747. The average molecular weight is 434 g/mol. The number of imide groups is 1. The van der Waals surface area contributed by atoms with Crippen molar-refractivity contribution in [3.05, 3.63) is 94.2 Å². The summed E-state index contributed by atoms with van der Waals surface area (Å²) in [6, 6.07) is 22.5. The van der Waals surface area contributed by atoms with Gasteiger partial charge in [0.1, 0.15) is 12.1 Å². The highest BCUT2D eigenvalue weighted by molar-refractivity contribution is 7.09. The molecule has 0 aliphatic carbocycles. The Bertz CT molecular complexity index is 1010. The van der Waals surface area contributed by atoms with E-state index in [2.05, 4.69) is 10.6 Å². The van der Waals surface area contributed by atoms with E-state index in [1.165, 1.54) is 11.3 Å². The fraction of sp³-hybridized carbons (Fsp3) is 0.208. The zero-order chi connectivity index (χ0) is 21.7. The van der Waals surface area contributed by atoms with Crippen molar-refractivity contribution >= 4 is 29.2 Å². The van der Waals surface area contributed by atoms with Gasteiger partial charge in [-0.3, -0.25) is 14.5 Å². The number of nitrogens with one attached hydrogen (secondary N) is 2. The van der Waals surface area contributed by atoms with Crippen molar-refractivity contribution < 1.29 is 14.4 Å². The number of rotatable bonds is 8. The minimum Gasteiger partial charge on any atom is -0.350 e. The van der Waals surface area contributed by atoms with Gasteiger partial charge in [-0.2, -0.15) is 0 Å². The molecule has 0 unspecified atom stereocenters. The quantitative estimate of drug-likeness (QED) is 0.536. The van der Waals surface area contributed by atoms with Crippen molar-refractivity contribution in [2.45, 2.75) is 24.9 Å². The van der Waals surface area contributed by atoms with Gasteiger partial charge in [0.25, 0.3) is 5.91 Å². The van der Waals surface area contributed by atoms with E-state index in [0.717, 1.165) is 20.9 Å². The Morgan fingerprint density at radius 2 is 1.52 bits per heavy atom. The van der Waals surface area contributed by atoms with E-state index in [1.54, 1.807) is 0 Å². The average Bonchev–Trinajstić information content (AvgIpc) is 3.37. The zero-order valence-electron chi connectivity index (χ0n) is 16.9. The first-order valence-corrected chi connectivity index (χ1v) is 10.9. The molecular formula is C24H23N3O3S. The molecule has 0 atom stereocenters. The molecule has 4 amide bonds. The second-order valence-corrected chi connectivity index (χ2v) is 8.62. The van der Waals surface area contributed by atoms with Gasteiger partial charge in [-0.05, 0) is 22.6 Å². The molecule has 3 aromatic rings. The molecule has 0 radical (unpaired) electrons. The van der Waals surface area contributed by atoms with Gasteiger partial charge in [0.2, 0.25) is 5.91 Å². The summed E-state index contributed by atoms with van der Waals surface area (Å²) in [6.07, 6.45) is 0.696. The van der Waals surface area contributed by atoms with E-state index in [9.17, 15) is 14.4 Å². The summed E-state index contributed by atoms with van der Waals surface area (Å²) >= 11 is 1.54. The van der Waals surface area contributed by atoms with Crippen molar-refractivity contribution in [3.63, 3.8) is 0 Å². The molecule has 0 bridgehead atoms. The topological polar surface area (TPSA) is 78.5 Å². The smallest absolute Gasteiger partial charge is 0.325 e. The van der Waals surface area contributed by atoms with Crippen molar-refractivity contribution in [1.82, 2.24) is 15.5 Å². The Hall–Kier alpha value is -3.45. The summed E-state index contributed by atoms with van der Waals surface area (Å²) in [6.45, 7) is 0.0701. The normalized spacial score (nSPS) is 15.0. The minimum atomic E-state index is -1.13. The highest BCUT2D eigenvalue weighted by Crippen LogP contribution is 2.27. The molecule has 7 heteroatoms. The lowest BCUT2D eigenvalue weighted by Gasteiger charge is -2.27. The van der Waals surface area contributed by atoms with E-state index in [-0.39, 0.29) is 18.4 Å². The van der Waals surface area contributed by atoms with Crippen LogP contribution in [0.4, 0.5) is 4.79 Å². The third kappa shape index (κ3) is 4.83. The molecule has 0 saturated carbocycles. The van der Waals surface area contributed by atoms with E-state index in [4.69, 9.17) is 0 Å². The Kier molecular flexibility index (Phi) is 6.13. The van der Waals surface area contributed by atoms with E-state index < -0.39 is 11.6 Å². The summed E-state index contributed by atoms with van der Waals surface area (Å²) in [5, 5.41) is 7.61. The lowest BCUT2D eigenvalue weighted by atomic mass is 9.84. The molecule has 6 nitrogen and oxygen atoms in total. The molecule has 1 fully saturated rings. The first-order valence-electron chi connectivity index (χ1n) is 10.1. The van der Waals surface area contributed by atoms with Crippen LogP contribution in [0.3, 0.4) is 0 Å². The molecule has 2 heterocycles. The van der Waals surface area contributed by atoms with Gasteiger partial charge in [0, 0.05) is 17.7 Å². The molecule has 31 heavy (non-hydrogen) atoms. The fourth-order valence-corrected chi connectivity index (χ4v) is 4.45. The molecule has 1 aromatic heterocycles. The highest BCUT2D eigenvalue weighted by atomic mass is 32.1. The van der Waals surface area contributed by atoms with Crippen LogP contribution in [0.1, 0.15) is 16.0 Å².